The summed E-state index contributed by atoms with van der Waals surface area (Å²) in [6.45, 7) is 13.2. The zero-order valence-corrected chi connectivity index (χ0v) is 23.7. The van der Waals surface area contributed by atoms with E-state index in [4.69, 9.17) is 4.42 Å². The number of benzene rings is 3. The zero-order chi connectivity index (χ0) is 29.3. The van der Waals surface area contributed by atoms with Gasteiger partial charge in [0.15, 0.2) is 0 Å². The normalized spacial score (nSPS) is 12.7. The van der Waals surface area contributed by atoms with E-state index in [-0.39, 0.29) is 10.8 Å². The Kier molecular flexibility index (Phi) is 7.98. The molecule has 0 bridgehead atoms. The van der Waals surface area contributed by atoms with Crippen molar-refractivity contribution in [2.24, 2.45) is 0 Å². The molecule has 0 saturated carbocycles. The van der Waals surface area contributed by atoms with Crippen LogP contribution in [-0.2, 0) is 10.8 Å². The van der Waals surface area contributed by atoms with Gasteiger partial charge in [-0.05, 0) is 83.0 Å². The van der Waals surface area contributed by atoms with Gasteiger partial charge >= 0.3 is 18.8 Å². The highest BCUT2D eigenvalue weighted by molar-refractivity contribution is 6.50. The molecule has 2 aromatic heterocycles. The van der Waals surface area contributed by atoms with E-state index in [1.807, 2.05) is 0 Å². The molecule has 40 heavy (non-hydrogen) atoms. The largest absolute Gasteiger partial charge is 0.673 e. The number of fused-ring (bicyclic) bond motifs is 3. The van der Waals surface area contributed by atoms with Crippen molar-refractivity contribution in [2.45, 2.75) is 52.4 Å². The Morgan fingerprint density at radius 1 is 0.600 bits per heavy atom. The van der Waals surface area contributed by atoms with E-state index in [2.05, 4.69) is 143 Å². The van der Waals surface area contributed by atoms with Gasteiger partial charge in [-0.2, -0.15) is 0 Å². The lowest BCUT2D eigenvalue weighted by molar-refractivity contribution is 0.328. The maximum Gasteiger partial charge on any atom is 0.673 e. The molecule has 2 heterocycles. The summed E-state index contributed by atoms with van der Waals surface area (Å²) in [7, 11) is -6.00. The molecule has 0 atom stereocenters. The molecule has 0 aliphatic carbocycles. The number of halogens is 4. The summed E-state index contributed by atoms with van der Waals surface area (Å²) < 4.78 is 47.7. The molecule has 3 aromatic carbocycles. The predicted molar refractivity (Wildman–Crippen MR) is 160 cm³/mol. The summed E-state index contributed by atoms with van der Waals surface area (Å²) in [5.41, 5.74) is 5.87. The van der Waals surface area contributed by atoms with Gasteiger partial charge in [-0.25, -0.2) is 4.42 Å². The molecule has 0 aliphatic rings. The van der Waals surface area contributed by atoms with Crippen molar-refractivity contribution in [1.82, 2.24) is 4.57 Å². The van der Waals surface area contributed by atoms with Gasteiger partial charge in [0, 0.05) is 28.6 Å². The Morgan fingerprint density at radius 2 is 1.10 bits per heavy atom. The summed E-state index contributed by atoms with van der Waals surface area (Å²) in [6, 6.07) is 30.3. The molecule has 0 saturated heterocycles. The number of para-hydroxylation sites is 2. The van der Waals surface area contributed by atoms with Crippen molar-refractivity contribution < 1.29 is 21.7 Å². The van der Waals surface area contributed by atoms with Crippen LogP contribution in [0.2, 0.25) is 0 Å². The number of hydrogen-bond donors (Lipinski definition) is 0. The average Bonchev–Trinajstić information content (AvgIpc) is 3.19. The van der Waals surface area contributed by atoms with Crippen LogP contribution < -0.4 is 0 Å². The lowest BCUT2D eigenvalue weighted by Crippen LogP contribution is -2.16. The summed E-state index contributed by atoms with van der Waals surface area (Å²) in [5, 5.41) is 2.53. The van der Waals surface area contributed by atoms with Crippen LogP contribution >= 0.6 is 0 Å². The van der Waals surface area contributed by atoms with Crippen LogP contribution in [0.15, 0.2) is 89.3 Å². The quantitative estimate of drug-likeness (QED) is 0.125. The molecule has 0 spiro atoms. The Balaban J connectivity index is 0.000000681. The van der Waals surface area contributed by atoms with Crippen LogP contribution in [0, 0.1) is 0 Å². The summed E-state index contributed by atoms with van der Waals surface area (Å²) in [4.78, 5) is 0. The van der Waals surface area contributed by atoms with Crippen LogP contribution in [0.25, 0.3) is 39.6 Å². The zero-order valence-electron chi connectivity index (χ0n) is 23.7. The van der Waals surface area contributed by atoms with E-state index < -0.39 is 7.25 Å². The molecular formula is C33H34BF4NO. The minimum absolute atomic E-state index is 0.0535. The second kappa shape index (κ2) is 11.0. The molecule has 208 valence electrons. The van der Waals surface area contributed by atoms with Crippen molar-refractivity contribution in [3.8, 4) is 5.69 Å². The lowest BCUT2D eigenvalue weighted by Gasteiger charge is -2.14. The number of rotatable bonds is 3. The molecule has 0 radical (unpaired) electrons. The molecule has 2 nitrogen and oxygen atoms in total. The Bertz CT molecular complexity index is 1620. The van der Waals surface area contributed by atoms with E-state index in [0.29, 0.717) is 0 Å². The van der Waals surface area contributed by atoms with Gasteiger partial charge in [0.25, 0.3) is 0 Å². The third kappa shape index (κ3) is 7.01. The minimum atomic E-state index is -6.00. The van der Waals surface area contributed by atoms with Crippen LogP contribution in [0.3, 0.4) is 0 Å². The first-order chi connectivity index (χ1) is 18.6. The Morgan fingerprint density at radius 3 is 1.68 bits per heavy atom. The number of nitrogens with zero attached hydrogens (tertiary/aromatic N) is 1. The van der Waals surface area contributed by atoms with E-state index in [0.717, 1.165) is 17.1 Å². The van der Waals surface area contributed by atoms with E-state index in [1.165, 1.54) is 33.1 Å². The van der Waals surface area contributed by atoms with E-state index in [9.17, 15) is 17.3 Å². The molecule has 0 amide bonds. The average molecular weight is 547 g/mol. The van der Waals surface area contributed by atoms with Crippen LogP contribution in [0.5, 0.6) is 0 Å². The first kappa shape index (κ1) is 29.1. The van der Waals surface area contributed by atoms with Crippen molar-refractivity contribution in [1.29, 1.82) is 0 Å². The molecule has 0 aliphatic heterocycles. The fourth-order valence-corrected chi connectivity index (χ4v) is 4.50. The van der Waals surface area contributed by atoms with E-state index in [1.54, 1.807) is 0 Å². The van der Waals surface area contributed by atoms with Gasteiger partial charge in [0.2, 0.25) is 0 Å². The molecule has 0 fully saturated rings. The standard InChI is InChI=1S/C33H34NO.BF4/c1-32(2,3)30-21-24(22-31(35-30)33(4,5)6)17-16-23-18-19-29-27(20-23)26-14-10-11-15-28(26)34(29)25-12-8-7-9-13-25;2-1(3,4)5/h7-22H,1-6H3;/q+1;-1/b17-16+;. The van der Waals surface area contributed by atoms with E-state index >= 15 is 0 Å². The highest BCUT2D eigenvalue weighted by atomic mass is 19.5. The summed E-state index contributed by atoms with van der Waals surface area (Å²) >= 11 is 0. The Labute approximate surface area is 233 Å². The molecular weight excluding hydrogens is 513 g/mol. The summed E-state index contributed by atoms with van der Waals surface area (Å²) in [6.07, 6.45) is 4.42. The highest BCUT2D eigenvalue weighted by Crippen LogP contribution is 2.34. The Hall–Kier alpha value is -3.87. The van der Waals surface area contributed by atoms with Gasteiger partial charge < -0.3 is 21.8 Å². The smallest absolute Gasteiger partial charge is 0.418 e. The second-order valence-corrected chi connectivity index (χ2v) is 11.9. The van der Waals surface area contributed by atoms with Gasteiger partial charge in [-0.3, -0.25) is 0 Å². The monoisotopic (exact) mass is 547 g/mol. The fraction of sp³-hybridized carbons (Fsp3) is 0.242. The maximum atomic E-state index is 9.75. The van der Waals surface area contributed by atoms with Gasteiger partial charge in [0.1, 0.15) is 0 Å². The fourth-order valence-electron chi connectivity index (χ4n) is 4.50. The topological polar surface area (TPSA) is 16.2 Å². The van der Waals surface area contributed by atoms with Gasteiger partial charge in [-0.1, -0.05) is 54.6 Å². The van der Waals surface area contributed by atoms with Crippen LogP contribution in [0.4, 0.5) is 17.3 Å². The number of aromatic nitrogens is 1. The van der Waals surface area contributed by atoms with Crippen molar-refractivity contribution in [3.05, 3.63) is 108 Å². The molecule has 7 heteroatoms. The van der Waals surface area contributed by atoms with Crippen molar-refractivity contribution >= 4 is 41.2 Å². The lowest BCUT2D eigenvalue weighted by atomic mass is 9.88. The van der Waals surface area contributed by atoms with Gasteiger partial charge in [0.05, 0.1) is 21.9 Å². The molecule has 0 N–H and O–H groups in total. The molecule has 0 unspecified atom stereocenters. The van der Waals surface area contributed by atoms with Crippen molar-refractivity contribution in [3.63, 3.8) is 0 Å². The number of hydrogen-bond acceptors (Lipinski definition) is 0. The maximum absolute atomic E-state index is 9.75. The minimum Gasteiger partial charge on any atom is -0.418 e. The first-order valence-corrected chi connectivity index (χ1v) is 13.2. The predicted octanol–water partition coefficient (Wildman–Crippen LogP) is 10.7. The van der Waals surface area contributed by atoms with Gasteiger partial charge in [-0.15, -0.1) is 0 Å². The van der Waals surface area contributed by atoms with Crippen LogP contribution in [-0.4, -0.2) is 11.8 Å². The SMILES string of the molecule is CC(C)(C)c1cc(/C=C/c2ccc3c(c2)c2ccccc2n3-c2ccccc2)cc(C(C)(C)C)[o+]1.F[B-](F)(F)F. The van der Waals surface area contributed by atoms with Crippen molar-refractivity contribution in [2.75, 3.05) is 0 Å². The summed E-state index contributed by atoms with van der Waals surface area (Å²) in [5.74, 6) is 2.01. The third-order valence-electron chi connectivity index (χ3n) is 6.47. The third-order valence-corrected chi connectivity index (χ3v) is 6.47. The van der Waals surface area contributed by atoms with Crippen LogP contribution in [0.1, 0.15) is 64.2 Å². The molecule has 5 rings (SSSR count). The highest BCUT2D eigenvalue weighted by Gasteiger charge is 2.33. The first-order valence-electron chi connectivity index (χ1n) is 13.2. The second-order valence-electron chi connectivity index (χ2n) is 11.9. The molecule has 5 aromatic rings.